The minimum Gasteiger partial charge on any atom is -0.356 e. The Morgan fingerprint density at radius 1 is 1.23 bits per heavy atom. The Morgan fingerprint density at radius 3 is 2.62 bits per heavy atom. The first-order valence-electron chi connectivity index (χ1n) is 10.3. The summed E-state index contributed by atoms with van der Waals surface area (Å²) in [6.45, 7) is 11.9. The lowest BCUT2D eigenvalue weighted by molar-refractivity contribution is 0.0905. The molecule has 144 valence electrons. The largest absolute Gasteiger partial charge is 0.356 e. The number of anilines is 1. The number of piperidine rings is 2. The van der Waals surface area contributed by atoms with Gasteiger partial charge in [-0.2, -0.15) is 0 Å². The molecule has 5 heteroatoms. The number of carbonyl (C=O) groups is 1. The Hall–Kier alpha value is -1.62. The Kier molecular flexibility index (Phi) is 6.52. The molecule has 1 aromatic rings. The fraction of sp³-hybridized carbons (Fsp3) is 0.714. The summed E-state index contributed by atoms with van der Waals surface area (Å²) in [5.41, 5.74) is 0.710. The van der Waals surface area contributed by atoms with Crippen molar-refractivity contribution in [2.75, 3.05) is 37.6 Å². The molecule has 2 saturated heterocycles. The van der Waals surface area contributed by atoms with E-state index in [1.54, 1.807) is 6.20 Å². The maximum absolute atomic E-state index is 12.9. The molecular formula is C21H34N4O. The van der Waals surface area contributed by atoms with Gasteiger partial charge in [0.15, 0.2) is 0 Å². The lowest BCUT2D eigenvalue weighted by Crippen LogP contribution is -2.47. The molecule has 3 rings (SSSR count). The van der Waals surface area contributed by atoms with Crippen LogP contribution >= 0.6 is 0 Å². The SMILES string of the molecule is CC1CC(C)CN(CC(C)NC(=O)c2cccnc2N2CCCCC2)C1. The number of carbonyl (C=O) groups excluding carboxylic acids is 1. The molecule has 3 heterocycles. The summed E-state index contributed by atoms with van der Waals surface area (Å²) in [5.74, 6) is 2.33. The molecule has 0 bridgehead atoms. The smallest absolute Gasteiger partial charge is 0.255 e. The number of hydrogen-bond acceptors (Lipinski definition) is 4. The van der Waals surface area contributed by atoms with Gasteiger partial charge in [0.2, 0.25) is 0 Å². The van der Waals surface area contributed by atoms with Crippen LogP contribution < -0.4 is 10.2 Å². The van der Waals surface area contributed by atoms with Crippen LogP contribution in [0, 0.1) is 11.8 Å². The van der Waals surface area contributed by atoms with Crippen LogP contribution in [-0.2, 0) is 0 Å². The third-order valence-corrected chi connectivity index (χ3v) is 5.54. The van der Waals surface area contributed by atoms with Crippen LogP contribution in [0.1, 0.15) is 56.8 Å². The van der Waals surface area contributed by atoms with Crippen molar-refractivity contribution in [1.29, 1.82) is 0 Å². The molecule has 1 aromatic heterocycles. The third-order valence-electron chi connectivity index (χ3n) is 5.54. The standard InChI is InChI=1S/C21H34N4O/c1-16-12-17(2)14-24(13-16)15-18(3)23-21(26)19-8-7-9-22-20(19)25-10-5-4-6-11-25/h7-9,16-18H,4-6,10-15H2,1-3H3,(H,23,26). The van der Waals surface area contributed by atoms with Crippen LogP contribution in [0.5, 0.6) is 0 Å². The molecular weight excluding hydrogens is 324 g/mol. The monoisotopic (exact) mass is 358 g/mol. The first kappa shape index (κ1) is 19.2. The van der Waals surface area contributed by atoms with Gasteiger partial charge in [-0.1, -0.05) is 13.8 Å². The molecule has 0 radical (unpaired) electrons. The second-order valence-electron chi connectivity index (χ2n) is 8.46. The predicted molar refractivity (Wildman–Crippen MR) is 107 cm³/mol. The van der Waals surface area contributed by atoms with Gasteiger partial charge in [0.25, 0.3) is 5.91 Å². The van der Waals surface area contributed by atoms with E-state index < -0.39 is 0 Å². The first-order valence-corrected chi connectivity index (χ1v) is 10.3. The van der Waals surface area contributed by atoms with E-state index >= 15 is 0 Å². The molecule has 26 heavy (non-hydrogen) atoms. The van der Waals surface area contributed by atoms with E-state index in [1.807, 2.05) is 12.1 Å². The summed E-state index contributed by atoms with van der Waals surface area (Å²) in [6.07, 6.45) is 6.74. The molecule has 3 atom stereocenters. The molecule has 2 aliphatic heterocycles. The van der Waals surface area contributed by atoms with E-state index in [0.717, 1.165) is 50.4 Å². The molecule has 0 aromatic carbocycles. The van der Waals surface area contributed by atoms with Crippen molar-refractivity contribution in [1.82, 2.24) is 15.2 Å². The Labute approximate surface area is 158 Å². The van der Waals surface area contributed by atoms with Gasteiger partial charge in [0, 0.05) is 45.0 Å². The lowest BCUT2D eigenvalue weighted by Gasteiger charge is -2.36. The van der Waals surface area contributed by atoms with Gasteiger partial charge in [-0.05, 0) is 56.6 Å². The van der Waals surface area contributed by atoms with Crippen molar-refractivity contribution in [2.24, 2.45) is 11.8 Å². The predicted octanol–water partition coefficient (Wildman–Crippen LogP) is 3.17. The van der Waals surface area contributed by atoms with Gasteiger partial charge in [0.1, 0.15) is 5.82 Å². The molecule has 5 nitrogen and oxygen atoms in total. The topological polar surface area (TPSA) is 48.5 Å². The molecule has 2 aliphatic rings. The quantitative estimate of drug-likeness (QED) is 0.878. The van der Waals surface area contributed by atoms with Crippen LogP contribution in [0.25, 0.3) is 0 Å². The molecule has 0 saturated carbocycles. The van der Waals surface area contributed by atoms with Crippen LogP contribution in [0.15, 0.2) is 18.3 Å². The maximum Gasteiger partial charge on any atom is 0.255 e. The van der Waals surface area contributed by atoms with Gasteiger partial charge in [0.05, 0.1) is 5.56 Å². The third kappa shape index (κ3) is 4.97. The minimum atomic E-state index is 0.00396. The van der Waals surface area contributed by atoms with Crippen LogP contribution in [0.4, 0.5) is 5.82 Å². The highest BCUT2D eigenvalue weighted by molar-refractivity contribution is 5.99. The summed E-state index contributed by atoms with van der Waals surface area (Å²) in [7, 11) is 0. The summed E-state index contributed by atoms with van der Waals surface area (Å²) >= 11 is 0. The van der Waals surface area contributed by atoms with Crippen molar-refractivity contribution < 1.29 is 4.79 Å². The number of amides is 1. The summed E-state index contributed by atoms with van der Waals surface area (Å²) < 4.78 is 0. The number of hydrogen-bond donors (Lipinski definition) is 1. The summed E-state index contributed by atoms with van der Waals surface area (Å²) in [6, 6.07) is 3.90. The van der Waals surface area contributed by atoms with Crippen LogP contribution in [0.3, 0.4) is 0 Å². The van der Waals surface area contributed by atoms with Crippen molar-refractivity contribution in [2.45, 2.75) is 52.5 Å². The molecule has 2 fully saturated rings. The molecule has 0 spiro atoms. The normalized spacial score (nSPS) is 25.7. The highest BCUT2D eigenvalue weighted by atomic mass is 16.1. The molecule has 1 amide bonds. The van der Waals surface area contributed by atoms with Gasteiger partial charge in [-0.3, -0.25) is 4.79 Å². The van der Waals surface area contributed by atoms with Gasteiger partial charge >= 0.3 is 0 Å². The van der Waals surface area contributed by atoms with Crippen molar-refractivity contribution >= 4 is 11.7 Å². The zero-order chi connectivity index (χ0) is 18.5. The van der Waals surface area contributed by atoms with Crippen molar-refractivity contribution in [3.63, 3.8) is 0 Å². The zero-order valence-electron chi connectivity index (χ0n) is 16.6. The molecule has 3 unspecified atom stereocenters. The minimum absolute atomic E-state index is 0.00396. The van der Waals surface area contributed by atoms with Crippen molar-refractivity contribution in [3.05, 3.63) is 23.9 Å². The van der Waals surface area contributed by atoms with Gasteiger partial charge in [-0.15, -0.1) is 0 Å². The highest BCUT2D eigenvalue weighted by Gasteiger charge is 2.24. The van der Waals surface area contributed by atoms with E-state index in [2.05, 4.69) is 40.9 Å². The number of nitrogens with one attached hydrogen (secondary N) is 1. The highest BCUT2D eigenvalue weighted by Crippen LogP contribution is 2.23. The number of aromatic nitrogens is 1. The van der Waals surface area contributed by atoms with E-state index in [4.69, 9.17) is 0 Å². The second-order valence-corrected chi connectivity index (χ2v) is 8.46. The maximum atomic E-state index is 12.9. The van der Waals surface area contributed by atoms with Crippen molar-refractivity contribution in [3.8, 4) is 0 Å². The number of rotatable bonds is 5. The van der Waals surface area contributed by atoms with E-state index in [0.29, 0.717) is 5.56 Å². The summed E-state index contributed by atoms with van der Waals surface area (Å²) in [5, 5.41) is 3.21. The van der Waals surface area contributed by atoms with E-state index in [1.165, 1.54) is 25.7 Å². The Morgan fingerprint density at radius 2 is 1.92 bits per heavy atom. The van der Waals surface area contributed by atoms with Gasteiger partial charge in [-0.25, -0.2) is 4.98 Å². The number of likely N-dealkylation sites (tertiary alicyclic amines) is 1. The Balaban J connectivity index is 1.61. The molecule has 1 N–H and O–H groups in total. The fourth-order valence-corrected chi connectivity index (χ4v) is 4.61. The average molecular weight is 359 g/mol. The molecule has 0 aliphatic carbocycles. The van der Waals surface area contributed by atoms with Gasteiger partial charge < -0.3 is 15.1 Å². The second kappa shape index (κ2) is 8.85. The first-order chi connectivity index (χ1) is 12.5. The van der Waals surface area contributed by atoms with Crippen LogP contribution in [0.2, 0.25) is 0 Å². The average Bonchev–Trinajstić information content (AvgIpc) is 2.61. The number of pyridine rings is 1. The van der Waals surface area contributed by atoms with Crippen LogP contribution in [-0.4, -0.2) is 54.6 Å². The zero-order valence-corrected chi connectivity index (χ0v) is 16.6. The Bertz CT molecular complexity index is 589. The van der Waals surface area contributed by atoms with E-state index in [-0.39, 0.29) is 11.9 Å². The fourth-order valence-electron chi connectivity index (χ4n) is 4.61. The van der Waals surface area contributed by atoms with E-state index in [9.17, 15) is 4.79 Å². The number of nitrogens with zero attached hydrogens (tertiary/aromatic N) is 3. The lowest BCUT2D eigenvalue weighted by atomic mass is 9.92. The summed E-state index contributed by atoms with van der Waals surface area (Å²) in [4.78, 5) is 22.2.